The second-order valence-corrected chi connectivity index (χ2v) is 7.06. The smallest absolute Gasteiger partial charge is 0.303 e. The number of carboxylic acids is 1. The van der Waals surface area contributed by atoms with Crippen molar-refractivity contribution < 1.29 is 19.0 Å². The molecule has 0 bridgehead atoms. The number of nitrogens with zero attached hydrogens (tertiary/aromatic N) is 1. The largest absolute Gasteiger partial charge is 0.489 e. The van der Waals surface area contributed by atoms with Crippen LogP contribution < -0.4 is 9.64 Å². The highest BCUT2D eigenvalue weighted by Gasteiger charge is 2.29. The van der Waals surface area contributed by atoms with Crippen molar-refractivity contribution in [3.8, 4) is 5.75 Å². The Morgan fingerprint density at radius 3 is 2.20 bits per heavy atom. The molecule has 0 amide bonds. The van der Waals surface area contributed by atoms with Crippen molar-refractivity contribution in [1.29, 1.82) is 0 Å². The third kappa shape index (κ3) is 5.83. The molecule has 3 aromatic rings. The SMILES string of the molecule is CCC(=O)O.Fc1ccc(N2CC[C@H]2c2ccc(OCc3ccccc3)cc2)cc1. The number of carbonyl (C=O) groups is 1. The predicted octanol–water partition coefficient (Wildman–Crippen LogP) is 5.84. The summed E-state index contributed by atoms with van der Waals surface area (Å²) in [5, 5.41) is 7.72. The summed E-state index contributed by atoms with van der Waals surface area (Å²) in [6.07, 6.45) is 1.33. The van der Waals surface area contributed by atoms with Gasteiger partial charge in [-0.1, -0.05) is 49.4 Å². The van der Waals surface area contributed by atoms with Gasteiger partial charge in [0.1, 0.15) is 18.2 Å². The van der Waals surface area contributed by atoms with E-state index in [1.165, 1.54) is 17.7 Å². The zero-order chi connectivity index (χ0) is 21.3. The van der Waals surface area contributed by atoms with E-state index in [2.05, 4.69) is 29.2 Å². The van der Waals surface area contributed by atoms with Crippen LogP contribution in [0.25, 0.3) is 0 Å². The van der Waals surface area contributed by atoms with E-state index in [1.54, 1.807) is 6.92 Å². The van der Waals surface area contributed by atoms with Gasteiger partial charge in [0.05, 0.1) is 6.04 Å². The van der Waals surface area contributed by atoms with Gasteiger partial charge in [-0.15, -0.1) is 0 Å². The minimum absolute atomic E-state index is 0.194. The fourth-order valence-corrected chi connectivity index (χ4v) is 3.20. The Kier molecular flexibility index (Phi) is 7.44. The van der Waals surface area contributed by atoms with Crippen molar-refractivity contribution >= 4 is 11.7 Å². The Hall–Kier alpha value is -3.34. The van der Waals surface area contributed by atoms with Gasteiger partial charge in [-0.25, -0.2) is 4.39 Å². The lowest BCUT2D eigenvalue weighted by Gasteiger charge is -2.43. The van der Waals surface area contributed by atoms with Crippen molar-refractivity contribution in [3.05, 3.63) is 95.8 Å². The molecule has 5 heteroatoms. The Morgan fingerprint density at radius 1 is 1.03 bits per heavy atom. The second kappa shape index (κ2) is 10.4. The summed E-state index contributed by atoms with van der Waals surface area (Å²) in [5.41, 5.74) is 3.50. The molecule has 30 heavy (non-hydrogen) atoms. The van der Waals surface area contributed by atoms with Crippen molar-refractivity contribution in [2.24, 2.45) is 0 Å². The number of hydrogen-bond donors (Lipinski definition) is 1. The number of halogens is 1. The number of anilines is 1. The van der Waals surface area contributed by atoms with Gasteiger partial charge in [-0.3, -0.25) is 4.79 Å². The zero-order valence-corrected chi connectivity index (χ0v) is 17.0. The van der Waals surface area contributed by atoms with Crippen LogP contribution in [0.4, 0.5) is 10.1 Å². The van der Waals surface area contributed by atoms with Crippen molar-refractivity contribution in [1.82, 2.24) is 0 Å². The van der Waals surface area contributed by atoms with Crippen LogP contribution in [0, 0.1) is 5.82 Å². The summed E-state index contributed by atoms with van der Waals surface area (Å²) >= 11 is 0. The van der Waals surface area contributed by atoms with Crippen molar-refractivity contribution in [2.75, 3.05) is 11.4 Å². The van der Waals surface area contributed by atoms with E-state index in [0.717, 1.165) is 30.0 Å². The molecule has 4 nitrogen and oxygen atoms in total. The van der Waals surface area contributed by atoms with Gasteiger partial charge in [-0.2, -0.15) is 0 Å². The van der Waals surface area contributed by atoms with Crippen LogP contribution >= 0.6 is 0 Å². The van der Waals surface area contributed by atoms with Gasteiger partial charge in [0, 0.05) is 18.7 Å². The molecule has 0 saturated carbocycles. The molecule has 0 unspecified atom stereocenters. The van der Waals surface area contributed by atoms with E-state index in [-0.39, 0.29) is 12.2 Å². The van der Waals surface area contributed by atoms with E-state index in [0.29, 0.717) is 12.6 Å². The minimum Gasteiger partial charge on any atom is -0.489 e. The van der Waals surface area contributed by atoms with Crippen LogP contribution in [0.2, 0.25) is 0 Å². The molecule has 3 aromatic carbocycles. The molecule has 1 saturated heterocycles. The molecule has 0 radical (unpaired) electrons. The molecule has 4 rings (SSSR count). The predicted molar refractivity (Wildman–Crippen MR) is 116 cm³/mol. The van der Waals surface area contributed by atoms with Crippen molar-refractivity contribution in [2.45, 2.75) is 32.4 Å². The molecule has 1 aliphatic rings. The Labute approximate surface area is 176 Å². The fourth-order valence-electron chi connectivity index (χ4n) is 3.20. The number of hydrogen-bond acceptors (Lipinski definition) is 3. The van der Waals surface area contributed by atoms with Crippen LogP contribution in [0.1, 0.15) is 36.9 Å². The third-order valence-electron chi connectivity index (χ3n) is 4.99. The highest BCUT2D eigenvalue weighted by Crippen LogP contribution is 2.38. The molecular formula is C25H26FNO3. The molecule has 1 N–H and O–H groups in total. The van der Waals surface area contributed by atoms with Crippen LogP contribution in [0.5, 0.6) is 5.75 Å². The maximum absolute atomic E-state index is 13.1. The van der Waals surface area contributed by atoms with Gasteiger partial charge in [0.2, 0.25) is 0 Å². The lowest BCUT2D eigenvalue weighted by atomic mass is 9.94. The topological polar surface area (TPSA) is 49.8 Å². The van der Waals surface area contributed by atoms with Gasteiger partial charge in [-0.05, 0) is 53.9 Å². The summed E-state index contributed by atoms with van der Waals surface area (Å²) in [5.74, 6) is -0.0639. The average molecular weight is 407 g/mol. The monoisotopic (exact) mass is 407 g/mol. The van der Waals surface area contributed by atoms with E-state index in [1.807, 2.05) is 42.5 Å². The van der Waals surface area contributed by atoms with Gasteiger partial charge in [0.25, 0.3) is 0 Å². The maximum Gasteiger partial charge on any atom is 0.303 e. The molecule has 156 valence electrons. The number of ether oxygens (including phenoxy) is 1. The normalized spacial score (nSPS) is 14.9. The van der Waals surface area contributed by atoms with E-state index in [9.17, 15) is 9.18 Å². The molecular weight excluding hydrogens is 381 g/mol. The molecule has 1 fully saturated rings. The van der Waals surface area contributed by atoms with E-state index >= 15 is 0 Å². The Bertz CT molecular complexity index is 927. The Balaban J connectivity index is 0.000000461. The summed E-state index contributed by atoms with van der Waals surface area (Å²) in [7, 11) is 0. The van der Waals surface area contributed by atoms with Gasteiger partial charge >= 0.3 is 5.97 Å². The summed E-state index contributed by atoms with van der Waals surface area (Å²) in [6.45, 7) is 3.18. The first-order valence-corrected chi connectivity index (χ1v) is 10.1. The van der Waals surface area contributed by atoms with Crippen LogP contribution in [0.15, 0.2) is 78.9 Å². The van der Waals surface area contributed by atoms with Crippen LogP contribution in [-0.4, -0.2) is 17.6 Å². The van der Waals surface area contributed by atoms with Crippen LogP contribution in [0.3, 0.4) is 0 Å². The molecule has 0 aromatic heterocycles. The number of carboxylic acid groups (broad SMARTS) is 1. The second-order valence-electron chi connectivity index (χ2n) is 7.06. The highest BCUT2D eigenvalue weighted by atomic mass is 19.1. The average Bonchev–Trinajstić information content (AvgIpc) is 2.75. The molecule has 1 heterocycles. The third-order valence-corrected chi connectivity index (χ3v) is 4.99. The first kappa shape index (κ1) is 21.4. The maximum atomic E-state index is 13.1. The first-order valence-electron chi connectivity index (χ1n) is 10.1. The van der Waals surface area contributed by atoms with E-state index in [4.69, 9.17) is 9.84 Å². The van der Waals surface area contributed by atoms with Gasteiger partial charge < -0.3 is 14.7 Å². The first-order chi connectivity index (χ1) is 14.6. The summed E-state index contributed by atoms with van der Waals surface area (Å²) in [4.78, 5) is 11.7. The fraction of sp³-hybridized carbons (Fsp3) is 0.240. The standard InChI is InChI=1S/C22H20FNO.C3H6O2/c23-19-8-10-20(11-9-19)24-15-14-22(24)18-6-12-21(13-7-18)25-16-17-4-2-1-3-5-17;1-2-3(4)5/h1-13,22H,14-16H2;2H2,1H3,(H,4,5)/t22-;/m0./s1. The summed E-state index contributed by atoms with van der Waals surface area (Å²) in [6, 6.07) is 25.5. The zero-order valence-electron chi connectivity index (χ0n) is 17.0. The van der Waals surface area contributed by atoms with Crippen LogP contribution in [-0.2, 0) is 11.4 Å². The molecule has 1 aliphatic heterocycles. The molecule has 0 spiro atoms. The minimum atomic E-state index is -0.745. The highest BCUT2D eigenvalue weighted by molar-refractivity contribution is 5.66. The van der Waals surface area contributed by atoms with Crippen molar-refractivity contribution in [3.63, 3.8) is 0 Å². The van der Waals surface area contributed by atoms with E-state index < -0.39 is 5.97 Å². The molecule has 1 atom stereocenters. The quantitative estimate of drug-likeness (QED) is 0.558. The Morgan fingerprint density at radius 2 is 1.67 bits per heavy atom. The lowest BCUT2D eigenvalue weighted by molar-refractivity contribution is -0.136. The summed E-state index contributed by atoms with van der Waals surface area (Å²) < 4.78 is 18.9. The number of rotatable bonds is 6. The number of benzene rings is 3. The lowest BCUT2D eigenvalue weighted by Crippen LogP contribution is -2.40. The van der Waals surface area contributed by atoms with Gasteiger partial charge in [0.15, 0.2) is 0 Å². The molecule has 0 aliphatic carbocycles. The number of aliphatic carboxylic acids is 1.